The van der Waals surface area contributed by atoms with Crippen molar-refractivity contribution < 1.29 is 12.8 Å². The molecule has 0 aliphatic rings. The average Bonchev–Trinajstić information content (AvgIpc) is 2.83. The van der Waals surface area contributed by atoms with E-state index in [-0.39, 0.29) is 10.9 Å². The van der Waals surface area contributed by atoms with Crippen LogP contribution < -0.4 is 10.5 Å². The Morgan fingerprint density at radius 1 is 1.35 bits per heavy atom. The van der Waals surface area contributed by atoms with E-state index < -0.39 is 10.0 Å². The molecule has 1 unspecified atom stereocenters. The standard InChI is InChI=1S/C14H18N2O3S/c1-10-5-6-12(9-14(10)20(15,17)18)16-11(2)8-13-4-3-7-19-13/h3-7,9,11,16H,8H2,1-2H3,(H2,15,17,18). The van der Waals surface area contributed by atoms with Crippen molar-refractivity contribution in [1.82, 2.24) is 0 Å². The van der Waals surface area contributed by atoms with Gasteiger partial charge in [-0.1, -0.05) is 6.07 Å². The van der Waals surface area contributed by atoms with Gasteiger partial charge >= 0.3 is 0 Å². The fourth-order valence-electron chi connectivity index (χ4n) is 2.06. The van der Waals surface area contributed by atoms with Gasteiger partial charge in [0.2, 0.25) is 10.0 Å². The fourth-order valence-corrected chi connectivity index (χ4v) is 2.87. The zero-order valence-corrected chi connectivity index (χ0v) is 12.3. The van der Waals surface area contributed by atoms with E-state index in [0.717, 1.165) is 11.4 Å². The van der Waals surface area contributed by atoms with Gasteiger partial charge in [-0.25, -0.2) is 13.6 Å². The Kier molecular flexibility index (Phi) is 4.15. The zero-order valence-electron chi connectivity index (χ0n) is 11.5. The van der Waals surface area contributed by atoms with Crippen LogP contribution >= 0.6 is 0 Å². The Labute approximate surface area is 118 Å². The van der Waals surface area contributed by atoms with Crippen LogP contribution in [-0.2, 0) is 16.4 Å². The normalized spacial score (nSPS) is 13.2. The molecule has 0 saturated carbocycles. The molecule has 2 aromatic rings. The van der Waals surface area contributed by atoms with Crippen molar-refractivity contribution in [3.8, 4) is 0 Å². The van der Waals surface area contributed by atoms with Crippen molar-refractivity contribution >= 4 is 15.7 Å². The number of hydrogen-bond acceptors (Lipinski definition) is 4. The molecule has 0 radical (unpaired) electrons. The highest BCUT2D eigenvalue weighted by molar-refractivity contribution is 7.89. The van der Waals surface area contributed by atoms with Crippen molar-refractivity contribution in [2.45, 2.75) is 31.2 Å². The summed E-state index contributed by atoms with van der Waals surface area (Å²) in [5.74, 6) is 0.879. The van der Waals surface area contributed by atoms with Crippen LogP contribution in [0.5, 0.6) is 0 Å². The lowest BCUT2D eigenvalue weighted by atomic mass is 10.1. The molecule has 0 aliphatic heterocycles. The zero-order chi connectivity index (χ0) is 14.8. The molecule has 108 valence electrons. The molecule has 5 nitrogen and oxygen atoms in total. The molecule has 2 rings (SSSR count). The Hall–Kier alpha value is -1.79. The number of hydrogen-bond donors (Lipinski definition) is 2. The molecule has 1 aromatic heterocycles. The van der Waals surface area contributed by atoms with Crippen LogP contribution in [0.25, 0.3) is 0 Å². The highest BCUT2D eigenvalue weighted by atomic mass is 32.2. The lowest BCUT2D eigenvalue weighted by Gasteiger charge is -2.15. The third kappa shape index (κ3) is 3.61. The van der Waals surface area contributed by atoms with E-state index >= 15 is 0 Å². The second-order valence-electron chi connectivity index (χ2n) is 4.85. The number of rotatable bonds is 5. The van der Waals surface area contributed by atoms with Crippen molar-refractivity contribution in [3.63, 3.8) is 0 Å². The Bertz CT molecular complexity index is 678. The fraction of sp³-hybridized carbons (Fsp3) is 0.286. The predicted molar refractivity (Wildman–Crippen MR) is 78.0 cm³/mol. The summed E-state index contributed by atoms with van der Waals surface area (Å²) in [7, 11) is -3.70. The van der Waals surface area contributed by atoms with Crippen LogP contribution in [0.1, 0.15) is 18.2 Å². The molecule has 0 bridgehead atoms. The van der Waals surface area contributed by atoms with Gasteiger partial charge in [-0.05, 0) is 43.7 Å². The Morgan fingerprint density at radius 3 is 2.70 bits per heavy atom. The minimum atomic E-state index is -3.70. The monoisotopic (exact) mass is 294 g/mol. The molecule has 1 heterocycles. The van der Waals surface area contributed by atoms with Crippen LogP contribution in [0.4, 0.5) is 5.69 Å². The number of anilines is 1. The molecule has 0 spiro atoms. The second-order valence-corrected chi connectivity index (χ2v) is 6.38. The van der Waals surface area contributed by atoms with E-state index in [2.05, 4.69) is 5.32 Å². The number of primary sulfonamides is 1. The molecule has 0 amide bonds. The molecule has 0 fully saturated rings. The average molecular weight is 294 g/mol. The maximum atomic E-state index is 11.5. The van der Waals surface area contributed by atoms with Crippen molar-refractivity contribution in [1.29, 1.82) is 0 Å². The number of sulfonamides is 1. The number of nitrogens with two attached hydrogens (primary N) is 1. The van der Waals surface area contributed by atoms with Gasteiger partial charge in [0, 0.05) is 18.2 Å². The van der Waals surface area contributed by atoms with Crippen LogP contribution in [-0.4, -0.2) is 14.5 Å². The van der Waals surface area contributed by atoms with Gasteiger partial charge in [0.15, 0.2) is 0 Å². The van der Waals surface area contributed by atoms with E-state index in [1.54, 1.807) is 25.3 Å². The molecule has 1 atom stereocenters. The minimum Gasteiger partial charge on any atom is -0.469 e. The molecule has 0 aliphatic carbocycles. The van der Waals surface area contributed by atoms with E-state index in [1.807, 2.05) is 25.1 Å². The number of furan rings is 1. The first-order valence-electron chi connectivity index (χ1n) is 6.28. The first-order chi connectivity index (χ1) is 9.36. The SMILES string of the molecule is Cc1ccc(NC(C)Cc2ccco2)cc1S(N)(=O)=O. The lowest BCUT2D eigenvalue weighted by Crippen LogP contribution is -2.19. The van der Waals surface area contributed by atoms with Gasteiger partial charge in [-0.15, -0.1) is 0 Å². The number of aryl methyl sites for hydroxylation is 1. The Morgan fingerprint density at radius 2 is 2.10 bits per heavy atom. The largest absolute Gasteiger partial charge is 0.469 e. The predicted octanol–water partition coefficient (Wildman–Crippen LogP) is 2.28. The second kappa shape index (κ2) is 5.68. The smallest absolute Gasteiger partial charge is 0.238 e. The highest BCUT2D eigenvalue weighted by Gasteiger charge is 2.13. The van der Waals surface area contributed by atoms with E-state index in [9.17, 15) is 8.42 Å². The van der Waals surface area contributed by atoms with Gasteiger partial charge < -0.3 is 9.73 Å². The summed E-state index contributed by atoms with van der Waals surface area (Å²) in [5.41, 5.74) is 1.36. The van der Waals surface area contributed by atoms with Gasteiger partial charge in [0.1, 0.15) is 5.76 Å². The van der Waals surface area contributed by atoms with Crippen LogP contribution in [0.3, 0.4) is 0 Å². The first kappa shape index (κ1) is 14.6. The van der Waals surface area contributed by atoms with Crippen molar-refractivity contribution in [2.24, 2.45) is 5.14 Å². The summed E-state index contributed by atoms with van der Waals surface area (Å²) in [6.07, 6.45) is 2.35. The quantitative estimate of drug-likeness (QED) is 0.886. The molecule has 20 heavy (non-hydrogen) atoms. The van der Waals surface area contributed by atoms with Gasteiger partial charge in [-0.3, -0.25) is 0 Å². The third-order valence-corrected chi connectivity index (χ3v) is 4.05. The first-order valence-corrected chi connectivity index (χ1v) is 7.83. The van der Waals surface area contributed by atoms with Gasteiger partial charge in [-0.2, -0.15) is 0 Å². The van der Waals surface area contributed by atoms with E-state index in [0.29, 0.717) is 12.0 Å². The third-order valence-electron chi connectivity index (χ3n) is 3.00. The summed E-state index contributed by atoms with van der Waals surface area (Å²) in [5, 5.41) is 8.44. The van der Waals surface area contributed by atoms with E-state index in [4.69, 9.17) is 9.56 Å². The maximum absolute atomic E-state index is 11.5. The Balaban J connectivity index is 2.14. The molecule has 3 N–H and O–H groups in total. The van der Waals surface area contributed by atoms with Gasteiger partial charge in [0.25, 0.3) is 0 Å². The van der Waals surface area contributed by atoms with Crippen LogP contribution in [0.2, 0.25) is 0 Å². The van der Waals surface area contributed by atoms with Crippen LogP contribution in [0.15, 0.2) is 45.9 Å². The lowest BCUT2D eigenvalue weighted by molar-refractivity contribution is 0.498. The number of nitrogens with one attached hydrogen (secondary N) is 1. The molecule has 1 aromatic carbocycles. The maximum Gasteiger partial charge on any atom is 0.238 e. The molecular weight excluding hydrogens is 276 g/mol. The van der Waals surface area contributed by atoms with Crippen molar-refractivity contribution in [2.75, 3.05) is 5.32 Å². The minimum absolute atomic E-state index is 0.109. The van der Waals surface area contributed by atoms with Crippen molar-refractivity contribution in [3.05, 3.63) is 47.9 Å². The molecule has 6 heteroatoms. The summed E-state index contributed by atoms with van der Waals surface area (Å²) < 4.78 is 28.2. The summed E-state index contributed by atoms with van der Waals surface area (Å²) in [6, 6.07) is 8.99. The molecule has 0 saturated heterocycles. The number of benzene rings is 1. The summed E-state index contributed by atoms with van der Waals surface area (Å²) >= 11 is 0. The van der Waals surface area contributed by atoms with Gasteiger partial charge in [0.05, 0.1) is 11.2 Å². The highest BCUT2D eigenvalue weighted by Crippen LogP contribution is 2.20. The summed E-state index contributed by atoms with van der Waals surface area (Å²) in [6.45, 7) is 3.72. The topological polar surface area (TPSA) is 85.3 Å². The molecular formula is C14H18N2O3S. The van der Waals surface area contributed by atoms with Crippen LogP contribution in [0, 0.1) is 6.92 Å². The van der Waals surface area contributed by atoms with E-state index in [1.165, 1.54) is 0 Å². The summed E-state index contributed by atoms with van der Waals surface area (Å²) in [4.78, 5) is 0.146.